The molecule has 0 fully saturated rings. The van der Waals surface area contributed by atoms with E-state index in [0.29, 0.717) is 30.6 Å². The smallest absolute Gasteiger partial charge is 0.334 e. The molecule has 0 rings (SSSR count). The summed E-state index contributed by atoms with van der Waals surface area (Å²) >= 11 is 0. The van der Waals surface area contributed by atoms with Crippen molar-refractivity contribution in [3.8, 4) is 0 Å². The van der Waals surface area contributed by atoms with Crippen LogP contribution in [0.15, 0.2) is 58.4 Å². The molecule has 0 radical (unpaired) electrons. The van der Waals surface area contributed by atoms with Crippen LogP contribution >= 0.6 is 0 Å². The minimum atomic E-state index is -3.03. The Morgan fingerprint density at radius 1 is 0.564 bits per heavy atom. The number of rotatable bonds is 15. The summed E-state index contributed by atoms with van der Waals surface area (Å²) in [6.07, 6.45) is 2.96. The summed E-state index contributed by atoms with van der Waals surface area (Å²) in [6, 6.07) is 0. The van der Waals surface area contributed by atoms with Crippen LogP contribution < -0.4 is 0 Å². The molecular formula is C25H32O14. The van der Waals surface area contributed by atoms with Crippen LogP contribution in [0, 0.1) is 5.41 Å². The van der Waals surface area contributed by atoms with Gasteiger partial charge in [0.25, 0.3) is 0 Å². The highest BCUT2D eigenvalue weighted by molar-refractivity contribution is 5.89. The second-order valence-corrected chi connectivity index (χ2v) is 8.77. The van der Waals surface area contributed by atoms with E-state index in [-0.39, 0.29) is 0 Å². The summed E-state index contributed by atoms with van der Waals surface area (Å²) in [7, 11) is 0. The summed E-state index contributed by atoms with van der Waals surface area (Å²) in [5.41, 5.74) is -11.7. The van der Waals surface area contributed by atoms with E-state index in [1.54, 1.807) is 0 Å². The summed E-state index contributed by atoms with van der Waals surface area (Å²) in [5.74, 6) is -8.03. The van der Waals surface area contributed by atoms with E-state index < -0.39 is 87.5 Å². The average Bonchev–Trinajstić information content (AvgIpc) is 2.82. The third-order valence-corrected chi connectivity index (χ3v) is 5.91. The molecule has 0 heterocycles. The van der Waals surface area contributed by atoms with Gasteiger partial charge in [0.05, 0.1) is 30.5 Å². The Morgan fingerprint density at radius 2 is 0.846 bits per heavy atom. The number of ether oxygens (including phenoxy) is 1. The van der Waals surface area contributed by atoms with E-state index in [1.807, 2.05) is 0 Å². The fourth-order valence-electron chi connectivity index (χ4n) is 3.47. The van der Waals surface area contributed by atoms with Crippen molar-refractivity contribution >= 4 is 29.8 Å². The summed E-state index contributed by atoms with van der Waals surface area (Å²) in [4.78, 5) is 58.3. The van der Waals surface area contributed by atoms with E-state index in [0.717, 1.165) is 34.6 Å². The van der Waals surface area contributed by atoms with Gasteiger partial charge in [-0.05, 0) is 58.9 Å². The molecule has 0 saturated carbocycles. The van der Waals surface area contributed by atoms with Gasteiger partial charge in [0.1, 0.15) is 5.60 Å². The molecule has 0 bridgehead atoms. The molecule has 0 aliphatic rings. The van der Waals surface area contributed by atoms with Gasteiger partial charge in [0, 0.05) is 22.3 Å². The van der Waals surface area contributed by atoms with Crippen LogP contribution in [0.2, 0.25) is 0 Å². The quantitative estimate of drug-likeness (QED) is 0.101. The molecule has 0 unspecified atom stereocenters. The van der Waals surface area contributed by atoms with Gasteiger partial charge in [-0.25, -0.2) is 24.0 Å². The van der Waals surface area contributed by atoms with Crippen molar-refractivity contribution in [2.24, 2.45) is 5.41 Å². The minimum absolute atomic E-state index is 0.529. The SMILES string of the molecule is CC(=COC(C=C(C)C(=O)O)(C=C(C)C(=O)O)C(CO)(CO)C(O)(C=C(C)C(=O)O)C=C(C)C(=O)O)C(=O)O. The van der Waals surface area contributed by atoms with Crippen molar-refractivity contribution in [2.75, 3.05) is 13.2 Å². The molecule has 0 spiro atoms. The number of carboxylic acids is 5. The van der Waals surface area contributed by atoms with Gasteiger partial charge in [-0.3, -0.25) is 0 Å². The van der Waals surface area contributed by atoms with Crippen LogP contribution in [0.3, 0.4) is 0 Å². The molecule has 0 aromatic rings. The Morgan fingerprint density at radius 3 is 1.10 bits per heavy atom. The van der Waals surface area contributed by atoms with Gasteiger partial charge in [-0.15, -0.1) is 0 Å². The number of hydrogen-bond acceptors (Lipinski definition) is 9. The van der Waals surface area contributed by atoms with E-state index in [9.17, 15) is 64.8 Å². The van der Waals surface area contributed by atoms with Gasteiger partial charge in [-0.1, -0.05) is 0 Å². The van der Waals surface area contributed by atoms with Crippen molar-refractivity contribution in [2.45, 2.75) is 45.8 Å². The molecule has 0 aliphatic carbocycles. The van der Waals surface area contributed by atoms with Crippen LogP contribution in [-0.2, 0) is 28.7 Å². The van der Waals surface area contributed by atoms with Gasteiger partial charge in [0.2, 0.25) is 0 Å². The molecule has 14 nitrogen and oxygen atoms in total. The first-order valence-electron chi connectivity index (χ1n) is 11.0. The lowest BCUT2D eigenvalue weighted by atomic mass is 9.59. The van der Waals surface area contributed by atoms with E-state index >= 15 is 0 Å². The fourth-order valence-corrected chi connectivity index (χ4v) is 3.47. The Labute approximate surface area is 222 Å². The number of carbonyl (C=O) groups is 5. The number of aliphatic hydroxyl groups excluding tert-OH is 2. The van der Waals surface area contributed by atoms with Crippen molar-refractivity contribution in [1.29, 1.82) is 0 Å². The minimum Gasteiger partial charge on any atom is -0.485 e. The zero-order valence-corrected chi connectivity index (χ0v) is 21.8. The van der Waals surface area contributed by atoms with Crippen molar-refractivity contribution < 1.29 is 69.6 Å². The normalized spacial score (nSPS) is 17.1. The Hall–Kier alpha value is -4.27. The van der Waals surface area contributed by atoms with E-state index in [1.165, 1.54) is 0 Å². The average molecular weight is 557 g/mol. The molecule has 0 aromatic carbocycles. The summed E-state index contributed by atoms with van der Waals surface area (Å²) in [5, 5.41) is 80.6. The number of aliphatic carboxylic acids is 5. The molecule has 14 heteroatoms. The lowest BCUT2D eigenvalue weighted by Gasteiger charge is -2.52. The molecule has 8 N–H and O–H groups in total. The maximum Gasteiger partial charge on any atom is 0.334 e. The highest BCUT2D eigenvalue weighted by Crippen LogP contribution is 2.49. The topological polar surface area (TPSA) is 256 Å². The van der Waals surface area contributed by atoms with Gasteiger partial charge >= 0.3 is 29.8 Å². The first kappa shape index (κ1) is 34.7. The number of hydrogen-bond donors (Lipinski definition) is 8. The molecule has 0 amide bonds. The third-order valence-electron chi connectivity index (χ3n) is 5.91. The summed E-state index contributed by atoms with van der Waals surface area (Å²) in [6.45, 7) is 2.11. The maximum atomic E-state index is 11.9. The Balaban J connectivity index is 8.58. The second-order valence-electron chi connectivity index (χ2n) is 8.77. The van der Waals surface area contributed by atoms with Crippen LogP contribution in [-0.4, -0.2) is 95.1 Å². The zero-order valence-electron chi connectivity index (χ0n) is 21.8. The second kappa shape index (κ2) is 13.5. The largest absolute Gasteiger partial charge is 0.485 e. The number of carboxylic acid groups (broad SMARTS) is 5. The van der Waals surface area contributed by atoms with Crippen LogP contribution in [0.1, 0.15) is 34.6 Å². The lowest BCUT2D eigenvalue weighted by Crippen LogP contribution is -2.64. The van der Waals surface area contributed by atoms with Crippen molar-refractivity contribution in [1.82, 2.24) is 0 Å². The lowest BCUT2D eigenvalue weighted by molar-refractivity contribution is -0.163. The van der Waals surface area contributed by atoms with Crippen LogP contribution in [0.25, 0.3) is 0 Å². The molecule has 0 atom stereocenters. The van der Waals surface area contributed by atoms with E-state index in [2.05, 4.69) is 0 Å². The fraction of sp³-hybridized carbons (Fsp3) is 0.400. The van der Waals surface area contributed by atoms with Gasteiger partial charge in [0.15, 0.2) is 5.60 Å². The van der Waals surface area contributed by atoms with Gasteiger partial charge < -0.3 is 45.6 Å². The molecule has 0 aromatic heterocycles. The predicted molar refractivity (Wildman–Crippen MR) is 132 cm³/mol. The zero-order chi connectivity index (χ0) is 30.9. The maximum absolute atomic E-state index is 11.9. The van der Waals surface area contributed by atoms with Crippen molar-refractivity contribution in [3.05, 3.63) is 58.4 Å². The highest BCUT2D eigenvalue weighted by Gasteiger charge is 2.62. The van der Waals surface area contributed by atoms with E-state index in [4.69, 9.17) is 4.74 Å². The molecule has 216 valence electrons. The monoisotopic (exact) mass is 556 g/mol. The van der Waals surface area contributed by atoms with Crippen molar-refractivity contribution in [3.63, 3.8) is 0 Å². The third kappa shape index (κ3) is 7.86. The first-order chi connectivity index (χ1) is 17.8. The van der Waals surface area contributed by atoms with Crippen LogP contribution in [0.4, 0.5) is 0 Å². The standard InChI is InChI=1S/C25H32O14/c1-13(18(28)29)6-24(38,7-14(2)19(30)31)23(11-26,12-27)25(8-15(3)20(32)33,9-16(4)21(34)35)39-10-17(5)22(36)37/h6-10,26-27,38H,11-12H2,1-5H3,(H,28,29)(H,30,31)(H,32,33)(H,34,35)(H,36,37). The first-order valence-corrected chi connectivity index (χ1v) is 11.0. The summed E-state index contributed by atoms with van der Waals surface area (Å²) < 4.78 is 5.62. The Bertz CT molecular complexity index is 1100. The predicted octanol–water partition coefficient (Wildman–Crippen LogP) is 0.556. The Kier molecular flexibility index (Phi) is 12.0. The molecule has 0 saturated heterocycles. The number of aliphatic hydroxyl groups is 3. The molecule has 0 aliphatic heterocycles. The molecule has 39 heavy (non-hydrogen) atoms. The highest BCUT2D eigenvalue weighted by atomic mass is 16.5. The molecular weight excluding hydrogens is 524 g/mol. The van der Waals surface area contributed by atoms with Gasteiger partial charge in [-0.2, -0.15) is 0 Å². The van der Waals surface area contributed by atoms with Crippen LogP contribution in [0.5, 0.6) is 0 Å².